The van der Waals surface area contributed by atoms with Crippen molar-refractivity contribution in [1.82, 2.24) is 10.2 Å². The Morgan fingerprint density at radius 1 is 1.47 bits per heavy atom. The Balaban J connectivity index is 2.02. The molecule has 0 aromatic heterocycles. The van der Waals surface area contributed by atoms with Crippen molar-refractivity contribution in [3.63, 3.8) is 0 Å². The summed E-state index contributed by atoms with van der Waals surface area (Å²) in [4.78, 5) is 13.9. The van der Waals surface area contributed by atoms with E-state index in [1.165, 1.54) is 25.7 Å². The number of hydrogen-bond acceptors (Lipinski definition) is 2. The van der Waals surface area contributed by atoms with E-state index in [0.29, 0.717) is 5.41 Å². The Hall–Kier alpha value is -0.570. The molecule has 1 heterocycles. The highest BCUT2D eigenvalue weighted by Crippen LogP contribution is 2.44. The molecule has 0 bridgehead atoms. The van der Waals surface area contributed by atoms with Crippen molar-refractivity contribution in [1.29, 1.82) is 0 Å². The SMILES string of the molecule is CCC1(CN2C(=O)C(C)NC2C)CCC1. The van der Waals surface area contributed by atoms with Crippen LogP contribution in [0, 0.1) is 5.41 Å². The van der Waals surface area contributed by atoms with E-state index in [2.05, 4.69) is 19.2 Å². The largest absolute Gasteiger partial charge is 0.326 e. The van der Waals surface area contributed by atoms with Gasteiger partial charge in [0, 0.05) is 6.54 Å². The molecule has 3 nitrogen and oxygen atoms in total. The molecule has 1 amide bonds. The number of hydrogen-bond donors (Lipinski definition) is 1. The third-order valence-electron chi connectivity index (χ3n) is 4.28. The molecule has 86 valence electrons. The number of carbonyl (C=O) groups excluding carboxylic acids is 1. The van der Waals surface area contributed by atoms with Gasteiger partial charge in [-0.1, -0.05) is 13.3 Å². The molecule has 2 fully saturated rings. The predicted octanol–water partition coefficient (Wildman–Crippen LogP) is 1.73. The van der Waals surface area contributed by atoms with Crippen LogP contribution in [-0.2, 0) is 4.79 Å². The van der Waals surface area contributed by atoms with E-state index in [9.17, 15) is 4.79 Å². The number of nitrogens with one attached hydrogen (secondary N) is 1. The summed E-state index contributed by atoms with van der Waals surface area (Å²) < 4.78 is 0. The van der Waals surface area contributed by atoms with Crippen LogP contribution in [0.3, 0.4) is 0 Å². The maximum atomic E-state index is 11.9. The maximum Gasteiger partial charge on any atom is 0.240 e. The van der Waals surface area contributed by atoms with Gasteiger partial charge < -0.3 is 4.90 Å². The third kappa shape index (κ3) is 1.78. The van der Waals surface area contributed by atoms with Gasteiger partial charge in [0.1, 0.15) is 0 Å². The van der Waals surface area contributed by atoms with Crippen molar-refractivity contribution in [2.75, 3.05) is 6.54 Å². The summed E-state index contributed by atoms with van der Waals surface area (Å²) in [6, 6.07) is 0.00832. The molecule has 15 heavy (non-hydrogen) atoms. The summed E-state index contributed by atoms with van der Waals surface area (Å²) in [5.41, 5.74) is 0.440. The molecule has 1 saturated carbocycles. The summed E-state index contributed by atoms with van der Waals surface area (Å²) in [6.07, 6.45) is 5.37. The lowest BCUT2D eigenvalue weighted by Crippen LogP contribution is -2.46. The minimum absolute atomic E-state index is 0.00832. The molecule has 0 aromatic rings. The normalized spacial score (nSPS) is 34.3. The zero-order chi connectivity index (χ0) is 11.1. The lowest BCUT2D eigenvalue weighted by atomic mass is 9.66. The van der Waals surface area contributed by atoms with Gasteiger partial charge in [-0.15, -0.1) is 0 Å². The topological polar surface area (TPSA) is 32.3 Å². The molecule has 0 spiro atoms. The summed E-state index contributed by atoms with van der Waals surface area (Å²) >= 11 is 0. The number of nitrogens with zero attached hydrogens (tertiary/aromatic N) is 1. The van der Waals surface area contributed by atoms with Gasteiger partial charge in [-0.3, -0.25) is 10.1 Å². The first-order valence-corrected chi connectivity index (χ1v) is 6.14. The molecule has 1 saturated heterocycles. The van der Waals surface area contributed by atoms with Crippen LogP contribution in [-0.4, -0.2) is 29.6 Å². The Morgan fingerprint density at radius 3 is 2.47 bits per heavy atom. The molecule has 1 aliphatic carbocycles. The van der Waals surface area contributed by atoms with Crippen LogP contribution in [0.4, 0.5) is 0 Å². The lowest BCUT2D eigenvalue weighted by molar-refractivity contribution is -0.132. The lowest BCUT2D eigenvalue weighted by Gasteiger charge is -2.44. The molecular formula is C12H22N2O. The molecule has 2 aliphatic rings. The first-order chi connectivity index (χ1) is 7.08. The van der Waals surface area contributed by atoms with E-state index in [1.54, 1.807) is 0 Å². The fourth-order valence-corrected chi connectivity index (χ4v) is 2.84. The molecular weight excluding hydrogens is 188 g/mol. The number of amides is 1. The second-order valence-electron chi connectivity index (χ2n) is 5.24. The minimum atomic E-state index is 0.00832. The van der Waals surface area contributed by atoms with E-state index in [-0.39, 0.29) is 18.1 Å². The second kappa shape index (κ2) is 3.78. The van der Waals surface area contributed by atoms with Crippen LogP contribution in [0.2, 0.25) is 0 Å². The van der Waals surface area contributed by atoms with Crippen molar-refractivity contribution >= 4 is 5.91 Å². The average molecular weight is 210 g/mol. The molecule has 2 rings (SSSR count). The summed E-state index contributed by atoms with van der Waals surface area (Å²) in [5, 5.41) is 3.29. The molecule has 0 aromatic carbocycles. The van der Waals surface area contributed by atoms with E-state index >= 15 is 0 Å². The Labute approximate surface area is 92.2 Å². The van der Waals surface area contributed by atoms with Gasteiger partial charge in [0.05, 0.1) is 12.2 Å². The van der Waals surface area contributed by atoms with Crippen LogP contribution in [0.25, 0.3) is 0 Å². The first-order valence-electron chi connectivity index (χ1n) is 6.14. The van der Waals surface area contributed by atoms with Crippen LogP contribution in [0.5, 0.6) is 0 Å². The molecule has 0 radical (unpaired) electrons. The van der Waals surface area contributed by atoms with E-state index in [0.717, 1.165) is 6.54 Å². The Bertz CT molecular complexity index is 255. The van der Waals surface area contributed by atoms with Crippen molar-refractivity contribution in [3.8, 4) is 0 Å². The first kappa shape index (κ1) is 10.9. The molecule has 1 aliphatic heterocycles. The van der Waals surface area contributed by atoms with Gasteiger partial charge in [0.25, 0.3) is 0 Å². The van der Waals surface area contributed by atoms with Crippen molar-refractivity contribution in [2.24, 2.45) is 5.41 Å². The van der Waals surface area contributed by atoms with Crippen LogP contribution >= 0.6 is 0 Å². The van der Waals surface area contributed by atoms with Gasteiger partial charge in [0.2, 0.25) is 5.91 Å². The van der Waals surface area contributed by atoms with Crippen LogP contribution in [0.1, 0.15) is 46.5 Å². The fraction of sp³-hybridized carbons (Fsp3) is 0.917. The highest BCUT2D eigenvalue weighted by Gasteiger charge is 2.42. The highest BCUT2D eigenvalue weighted by atomic mass is 16.2. The van der Waals surface area contributed by atoms with Crippen molar-refractivity contribution in [2.45, 2.75) is 58.7 Å². The molecule has 1 N–H and O–H groups in total. The predicted molar refractivity (Wildman–Crippen MR) is 60.3 cm³/mol. The quantitative estimate of drug-likeness (QED) is 0.769. The third-order valence-corrected chi connectivity index (χ3v) is 4.28. The van der Waals surface area contributed by atoms with Crippen LogP contribution < -0.4 is 5.32 Å². The summed E-state index contributed by atoms with van der Waals surface area (Å²) in [5.74, 6) is 0.280. The zero-order valence-corrected chi connectivity index (χ0v) is 10.0. The molecule has 2 unspecified atom stereocenters. The summed E-state index contributed by atoms with van der Waals surface area (Å²) in [7, 11) is 0. The molecule has 3 heteroatoms. The number of rotatable bonds is 3. The highest BCUT2D eigenvalue weighted by molar-refractivity contribution is 5.83. The van der Waals surface area contributed by atoms with Gasteiger partial charge in [-0.25, -0.2) is 0 Å². The molecule has 2 atom stereocenters. The van der Waals surface area contributed by atoms with E-state index < -0.39 is 0 Å². The number of carbonyl (C=O) groups is 1. The second-order valence-corrected chi connectivity index (χ2v) is 5.24. The van der Waals surface area contributed by atoms with E-state index in [4.69, 9.17) is 0 Å². The van der Waals surface area contributed by atoms with Crippen molar-refractivity contribution in [3.05, 3.63) is 0 Å². The van der Waals surface area contributed by atoms with Gasteiger partial charge in [0.15, 0.2) is 0 Å². The van der Waals surface area contributed by atoms with Crippen LogP contribution in [0.15, 0.2) is 0 Å². The average Bonchev–Trinajstić information content (AvgIpc) is 2.37. The summed E-state index contributed by atoms with van der Waals surface area (Å²) in [6.45, 7) is 7.25. The fourth-order valence-electron chi connectivity index (χ4n) is 2.84. The smallest absolute Gasteiger partial charge is 0.240 e. The van der Waals surface area contributed by atoms with Gasteiger partial charge >= 0.3 is 0 Å². The maximum absolute atomic E-state index is 11.9. The van der Waals surface area contributed by atoms with Gasteiger partial charge in [-0.05, 0) is 38.5 Å². The van der Waals surface area contributed by atoms with Crippen molar-refractivity contribution < 1.29 is 4.79 Å². The van der Waals surface area contributed by atoms with E-state index in [1.807, 2.05) is 11.8 Å². The zero-order valence-electron chi connectivity index (χ0n) is 10.0. The minimum Gasteiger partial charge on any atom is -0.326 e. The monoisotopic (exact) mass is 210 g/mol. The Kier molecular flexibility index (Phi) is 2.75. The standard InChI is InChI=1S/C12H22N2O/c1-4-12(6-5-7-12)8-14-10(3)13-9(2)11(14)15/h9-10,13H,4-8H2,1-3H3. The van der Waals surface area contributed by atoms with Gasteiger partial charge in [-0.2, -0.15) is 0 Å². The Morgan fingerprint density at radius 2 is 2.13 bits per heavy atom.